The van der Waals surface area contributed by atoms with Crippen LogP contribution in [0.1, 0.15) is 26.7 Å². The van der Waals surface area contributed by atoms with Crippen molar-refractivity contribution < 1.29 is 14.6 Å². The van der Waals surface area contributed by atoms with Crippen LogP contribution in [0.2, 0.25) is 0 Å². The number of rotatable bonds is 4. The van der Waals surface area contributed by atoms with Crippen LogP contribution in [0.25, 0.3) is 0 Å². The lowest BCUT2D eigenvalue weighted by atomic mass is 10.0. The molecule has 0 aliphatic carbocycles. The topological polar surface area (TPSA) is 61.8 Å². The first-order valence-corrected chi connectivity index (χ1v) is 5.85. The van der Waals surface area contributed by atoms with Gasteiger partial charge in [0.15, 0.2) is 0 Å². The van der Waals surface area contributed by atoms with Gasteiger partial charge in [-0.15, -0.1) is 0 Å². The molecule has 3 unspecified atom stereocenters. The number of amides is 1. The maximum absolute atomic E-state index is 12.1. The largest absolute Gasteiger partial charge is 0.391 e. The third kappa shape index (κ3) is 2.93. The molecule has 0 saturated carbocycles. The van der Waals surface area contributed by atoms with Gasteiger partial charge in [0.1, 0.15) is 6.73 Å². The van der Waals surface area contributed by atoms with Crippen LogP contribution in [0, 0.1) is 0 Å². The van der Waals surface area contributed by atoms with Gasteiger partial charge < -0.3 is 20.1 Å². The Kier molecular flexibility index (Phi) is 5.18. The van der Waals surface area contributed by atoms with Crippen molar-refractivity contribution in [1.82, 2.24) is 10.2 Å². The number of likely N-dealkylation sites (N-methyl/N-ethyl adjacent to an activating group) is 1. The Labute approximate surface area is 96.8 Å². The highest BCUT2D eigenvalue weighted by atomic mass is 16.5. The molecule has 5 heteroatoms. The maximum Gasteiger partial charge on any atom is 0.241 e. The number of aliphatic hydroxyl groups excluding tert-OH is 1. The molecule has 0 aromatic carbocycles. The van der Waals surface area contributed by atoms with E-state index in [1.807, 2.05) is 6.92 Å². The summed E-state index contributed by atoms with van der Waals surface area (Å²) < 4.78 is 5.29. The standard InChI is InChI=1S/C11H22N2O3/c1-4-9(12-3)11(15)13-7-16-6-5-10(13)8(2)14/h8-10,12,14H,4-7H2,1-3H3. The highest BCUT2D eigenvalue weighted by Crippen LogP contribution is 2.16. The van der Waals surface area contributed by atoms with E-state index < -0.39 is 6.10 Å². The van der Waals surface area contributed by atoms with Crippen LogP contribution < -0.4 is 5.32 Å². The fraction of sp³-hybridized carbons (Fsp3) is 0.909. The van der Waals surface area contributed by atoms with Crippen molar-refractivity contribution in [2.24, 2.45) is 0 Å². The molecule has 1 fully saturated rings. The van der Waals surface area contributed by atoms with Crippen molar-refractivity contribution in [2.75, 3.05) is 20.4 Å². The van der Waals surface area contributed by atoms with E-state index in [0.29, 0.717) is 13.0 Å². The number of hydrogen-bond donors (Lipinski definition) is 2. The lowest BCUT2D eigenvalue weighted by Crippen LogP contribution is -2.55. The van der Waals surface area contributed by atoms with Crippen LogP contribution >= 0.6 is 0 Å². The highest BCUT2D eigenvalue weighted by molar-refractivity contribution is 5.82. The summed E-state index contributed by atoms with van der Waals surface area (Å²) in [6.45, 7) is 4.57. The average Bonchev–Trinajstić information content (AvgIpc) is 2.30. The normalized spacial score (nSPS) is 25.2. The number of carbonyl (C=O) groups is 1. The fourth-order valence-electron chi connectivity index (χ4n) is 2.05. The summed E-state index contributed by atoms with van der Waals surface area (Å²) in [6.07, 6.45) is 0.921. The molecule has 0 spiro atoms. The first-order chi connectivity index (χ1) is 7.61. The van der Waals surface area contributed by atoms with Gasteiger partial charge >= 0.3 is 0 Å². The predicted molar refractivity (Wildman–Crippen MR) is 60.9 cm³/mol. The van der Waals surface area contributed by atoms with Crippen LogP contribution in [-0.4, -0.2) is 54.5 Å². The Hall–Kier alpha value is -0.650. The molecule has 16 heavy (non-hydrogen) atoms. The SMILES string of the molecule is CCC(NC)C(=O)N1COCCC1C(C)O. The minimum Gasteiger partial charge on any atom is -0.391 e. The maximum atomic E-state index is 12.1. The van der Waals surface area contributed by atoms with Gasteiger partial charge in [0.25, 0.3) is 0 Å². The number of ether oxygens (including phenoxy) is 1. The van der Waals surface area contributed by atoms with E-state index in [9.17, 15) is 9.90 Å². The Morgan fingerprint density at radius 3 is 2.88 bits per heavy atom. The van der Waals surface area contributed by atoms with Crippen molar-refractivity contribution in [3.8, 4) is 0 Å². The fourth-order valence-corrected chi connectivity index (χ4v) is 2.05. The zero-order valence-electron chi connectivity index (χ0n) is 10.3. The van der Waals surface area contributed by atoms with Crippen LogP contribution in [0.15, 0.2) is 0 Å². The summed E-state index contributed by atoms with van der Waals surface area (Å²) in [4.78, 5) is 13.8. The molecule has 1 rings (SSSR count). The highest BCUT2D eigenvalue weighted by Gasteiger charge is 2.33. The van der Waals surface area contributed by atoms with E-state index in [0.717, 1.165) is 6.42 Å². The summed E-state index contributed by atoms with van der Waals surface area (Å²) in [5, 5.41) is 12.6. The predicted octanol–water partition coefficient (Wildman–Crippen LogP) is -0.0598. The van der Waals surface area contributed by atoms with Crippen LogP contribution in [0.3, 0.4) is 0 Å². The second-order valence-electron chi connectivity index (χ2n) is 4.19. The van der Waals surface area contributed by atoms with E-state index in [-0.39, 0.29) is 24.7 Å². The molecule has 5 nitrogen and oxygen atoms in total. The number of hydrogen-bond acceptors (Lipinski definition) is 4. The summed E-state index contributed by atoms with van der Waals surface area (Å²) in [6, 6.07) is -0.313. The molecule has 2 N–H and O–H groups in total. The molecule has 94 valence electrons. The molecule has 0 radical (unpaired) electrons. The van der Waals surface area contributed by atoms with Gasteiger partial charge in [-0.2, -0.15) is 0 Å². The third-order valence-electron chi connectivity index (χ3n) is 3.08. The second kappa shape index (κ2) is 6.18. The van der Waals surface area contributed by atoms with Crippen molar-refractivity contribution in [1.29, 1.82) is 0 Å². The molecular formula is C11H22N2O3. The first kappa shape index (κ1) is 13.4. The van der Waals surface area contributed by atoms with Crippen LogP contribution in [0.4, 0.5) is 0 Å². The number of carbonyl (C=O) groups excluding carboxylic acids is 1. The Morgan fingerprint density at radius 1 is 1.69 bits per heavy atom. The first-order valence-electron chi connectivity index (χ1n) is 5.85. The average molecular weight is 230 g/mol. The van der Waals surface area contributed by atoms with Crippen molar-refractivity contribution in [3.63, 3.8) is 0 Å². The molecule has 1 aliphatic heterocycles. The molecule has 3 atom stereocenters. The minimum atomic E-state index is -0.512. The smallest absolute Gasteiger partial charge is 0.241 e. The summed E-state index contributed by atoms with van der Waals surface area (Å²) in [5.74, 6) is 0.00981. The van der Waals surface area contributed by atoms with Gasteiger partial charge in [-0.1, -0.05) is 6.92 Å². The molecule has 0 bridgehead atoms. The van der Waals surface area contributed by atoms with Crippen molar-refractivity contribution in [3.05, 3.63) is 0 Å². The second-order valence-corrected chi connectivity index (χ2v) is 4.19. The molecule has 1 heterocycles. The molecule has 1 amide bonds. The van der Waals surface area contributed by atoms with E-state index in [1.54, 1.807) is 18.9 Å². The Morgan fingerprint density at radius 2 is 2.38 bits per heavy atom. The summed E-state index contributed by atoms with van der Waals surface area (Å²) in [7, 11) is 1.77. The minimum absolute atomic E-state index is 0.00981. The molecule has 0 aromatic rings. The quantitative estimate of drug-likeness (QED) is 0.710. The molecule has 1 aliphatic rings. The number of aliphatic hydroxyl groups is 1. The van der Waals surface area contributed by atoms with Gasteiger partial charge in [-0.05, 0) is 26.8 Å². The van der Waals surface area contributed by atoms with Crippen molar-refractivity contribution in [2.45, 2.75) is 44.9 Å². The molecule has 0 aromatic heterocycles. The number of nitrogens with one attached hydrogen (secondary N) is 1. The zero-order chi connectivity index (χ0) is 12.1. The van der Waals surface area contributed by atoms with Gasteiger partial charge in [0.2, 0.25) is 5.91 Å². The molecule has 1 saturated heterocycles. The Balaban J connectivity index is 2.70. The van der Waals surface area contributed by atoms with Gasteiger partial charge in [0.05, 0.1) is 24.8 Å². The van der Waals surface area contributed by atoms with Crippen LogP contribution in [0.5, 0.6) is 0 Å². The molecular weight excluding hydrogens is 208 g/mol. The van der Waals surface area contributed by atoms with Crippen LogP contribution in [-0.2, 0) is 9.53 Å². The lowest BCUT2D eigenvalue weighted by molar-refractivity contribution is -0.154. The van der Waals surface area contributed by atoms with E-state index in [4.69, 9.17) is 4.74 Å². The van der Waals surface area contributed by atoms with Gasteiger partial charge in [-0.25, -0.2) is 0 Å². The van der Waals surface area contributed by atoms with E-state index in [1.165, 1.54) is 0 Å². The summed E-state index contributed by atoms with van der Waals surface area (Å²) in [5.41, 5.74) is 0. The monoisotopic (exact) mass is 230 g/mol. The van der Waals surface area contributed by atoms with Gasteiger partial charge in [0, 0.05) is 0 Å². The number of nitrogens with zero attached hydrogens (tertiary/aromatic N) is 1. The summed E-state index contributed by atoms with van der Waals surface area (Å²) >= 11 is 0. The lowest BCUT2D eigenvalue weighted by Gasteiger charge is -2.38. The van der Waals surface area contributed by atoms with Gasteiger partial charge in [-0.3, -0.25) is 4.79 Å². The van der Waals surface area contributed by atoms with Crippen molar-refractivity contribution >= 4 is 5.91 Å². The van der Waals surface area contributed by atoms with E-state index in [2.05, 4.69) is 5.32 Å². The zero-order valence-corrected chi connectivity index (χ0v) is 10.3. The third-order valence-corrected chi connectivity index (χ3v) is 3.08. The Bertz CT molecular complexity index is 229. The van der Waals surface area contributed by atoms with E-state index >= 15 is 0 Å².